The van der Waals surface area contributed by atoms with Gasteiger partial charge < -0.3 is 0 Å². The van der Waals surface area contributed by atoms with E-state index in [0.29, 0.717) is 0 Å². The lowest BCUT2D eigenvalue weighted by atomic mass is 9.87. The van der Waals surface area contributed by atoms with Gasteiger partial charge in [0.1, 0.15) is 0 Å². The summed E-state index contributed by atoms with van der Waals surface area (Å²) in [6.07, 6.45) is 0. The van der Waals surface area contributed by atoms with Gasteiger partial charge in [0.15, 0.2) is 0 Å². The molecule has 0 bridgehead atoms. The molecule has 0 amide bonds. The lowest BCUT2D eigenvalue weighted by Gasteiger charge is -2.39. The number of rotatable bonds is 6. The van der Waals surface area contributed by atoms with Crippen molar-refractivity contribution < 1.29 is 12.0 Å². The van der Waals surface area contributed by atoms with Crippen LogP contribution in [-0.4, -0.2) is 8.42 Å². The van der Waals surface area contributed by atoms with E-state index >= 15 is 0 Å². The first-order valence-electron chi connectivity index (χ1n) is 11.2. The predicted octanol–water partition coefficient (Wildman–Crippen LogP) is 7.89. The van der Waals surface area contributed by atoms with Crippen molar-refractivity contribution in [2.24, 2.45) is 0 Å². The van der Waals surface area contributed by atoms with Gasteiger partial charge in [0, 0.05) is 14.7 Å². The fourth-order valence-electron chi connectivity index (χ4n) is 3.78. The minimum absolute atomic E-state index is 0.0230. The van der Waals surface area contributed by atoms with Gasteiger partial charge in [-0.1, -0.05) is 87.0 Å². The Hall–Kier alpha value is -2.86. The largest absolute Gasteiger partial charge is 0.307 e. The minimum Gasteiger partial charge on any atom is -0.203 e. The van der Waals surface area contributed by atoms with Gasteiger partial charge in [-0.3, -0.25) is 0 Å². The topological polar surface area (TPSA) is 43.4 Å². The van der Waals surface area contributed by atoms with E-state index in [1.165, 1.54) is 5.56 Å². The van der Waals surface area contributed by atoms with Gasteiger partial charge in [-0.15, -0.1) is 0 Å². The van der Waals surface area contributed by atoms with Crippen molar-refractivity contribution in [1.82, 2.24) is 0 Å². The fourth-order valence-corrected chi connectivity index (χ4v) is 8.99. The molecule has 0 aromatic heterocycles. The van der Waals surface area contributed by atoms with Gasteiger partial charge in [-0.2, -0.15) is 8.42 Å². The van der Waals surface area contributed by atoms with E-state index in [1.54, 1.807) is 24.3 Å². The second-order valence-corrected chi connectivity index (χ2v) is 13.7. The van der Waals surface area contributed by atoms with Crippen LogP contribution in [0.3, 0.4) is 0 Å². The van der Waals surface area contributed by atoms with Gasteiger partial charge in [0.2, 0.25) is 0 Å². The van der Waals surface area contributed by atoms with Crippen molar-refractivity contribution in [1.29, 1.82) is 0 Å². The number of benzene rings is 4. The molecule has 4 rings (SSSR count). The van der Waals surface area contributed by atoms with E-state index in [1.807, 2.05) is 79.7 Å². The summed E-state index contributed by atoms with van der Waals surface area (Å²) < 4.78 is 33.8. The first-order valence-corrected chi connectivity index (χ1v) is 14.2. The zero-order valence-electron chi connectivity index (χ0n) is 19.9. The van der Waals surface area contributed by atoms with Crippen molar-refractivity contribution in [2.75, 3.05) is 0 Å². The Labute approximate surface area is 205 Å². The predicted molar refractivity (Wildman–Crippen MR) is 140 cm³/mol. The monoisotopic (exact) mass is 490 g/mol. The Balaban J connectivity index is 1.99. The molecule has 0 radical (unpaired) electrons. The molecule has 0 fully saturated rings. The van der Waals surface area contributed by atoms with Crippen LogP contribution in [0.1, 0.15) is 31.9 Å². The van der Waals surface area contributed by atoms with E-state index in [9.17, 15) is 8.42 Å². The molecule has 0 N–H and O–H groups in total. The summed E-state index contributed by atoms with van der Waals surface area (Å²) in [4.78, 5) is 2.61. The molecule has 34 heavy (non-hydrogen) atoms. The van der Waals surface area contributed by atoms with Crippen LogP contribution in [-0.2, 0) is 19.2 Å². The lowest BCUT2D eigenvalue weighted by molar-refractivity contribution is 0.508. The highest BCUT2D eigenvalue weighted by atomic mass is 32.3. The van der Waals surface area contributed by atoms with Crippen LogP contribution in [0.5, 0.6) is 0 Å². The van der Waals surface area contributed by atoms with Crippen LogP contribution in [0.15, 0.2) is 129 Å². The van der Waals surface area contributed by atoms with Crippen LogP contribution in [0.4, 0.5) is 0 Å². The van der Waals surface area contributed by atoms with Crippen LogP contribution >= 0.6 is 10.3 Å². The Morgan fingerprint density at radius 3 is 1.41 bits per heavy atom. The Morgan fingerprint density at radius 1 is 0.559 bits per heavy atom. The van der Waals surface area contributed by atoms with Crippen molar-refractivity contribution in [3.05, 3.63) is 120 Å². The normalized spacial score (nSPS) is 12.9. The maximum Gasteiger partial charge on any atom is 0.307 e. The molecule has 0 aliphatic carbocycles. The lowest BCUT2D eigenvalue weighted by Crippen LogP contribution is -2.15. The van der Waals surface area contributed by atoms with Gasteiger partial charge >= 0.3 is 10.1 Å². The second-order valence-electron chi connectivity index (χ2n) is 9.29. The summed E-state index contributed by atoms with van der Waals surface area (Å²) in [5, 5.41) is 0. The summed E-state index contributed by atoms with van der Waals surface area (Å²) >= 11 is 0. The highest BCUT2D eigenvalue weighted by molar-refractivity contribution is 8.33. The number of hydrogen-bond donors (Lipinski definition) is 0. The molecule has 0 spiro atoms. The van der Waals surface area contributed by atoms with Gasteiger partial charge in [0.05, 0.1) is 4.90 Å². The molecule has 3 nitrogen and oxygen atoms in total. The van der Waals surface area contributed by atoms with Crippen LogP contribution in [0.25, 0.3) is 0 Å². The maximum atomic E-state index is 13.7. The van der Waals surface area contributed by atoms with E-state index < -0.39 is 20.4 Å². The maximum absolute atomic E-state index is 13.7. The number of aryl methyl sites for hydroxylation is 1. The van der Waals surface area contributed by atoms with Gasteiger partial charge in [-0.05, 0) is 76.7 Å². The van der Waals surface area contributed by atoms with Gasteiger partial charge in [0.25, 0.3) is 0 Å². The molecule has 176 valence electrons. The molecular formula is C29H30O3S2. The van der Waals surface area contributed by atoms with Crippen molar-refractivity contribution in [3.8, 4) is 0 Å². The molecule has 0 saturated carbocycles. The standard InChI is InChI=1S/C29H30O3S2/c1-23-15-19-28(20-16-23)34(30,31)32-33(25-11-7-5-8-12-25,26-13-9-6-10-14-26)27-21-17-24(18-22-27)29(2,3)4/h5-22H,1-4H3. The molecule has 4 aromatic carbocycles. The third-order valence-electron chi connectivity index (χ3n) is 5.70. The highest BCUT2D eigenvalue weighted by Gasteiger charge is 2.38. The molecule has 0 saturated heterocycles. The molecule has 0 aliphatic rings. The van der Waals surface area contributed by atoms with Crippen LogP contribution in [0, 0.1) is 6.92 Å². The molecule has 0 atom stereocenters. The van der Waals surface area contributed by atoms with E-state index in [4.69, 9.17) is 3.63 Å². The second kappa shape index (κ2) is 9.41. The van der Waals surface area contributed by atoms with E-state index in [2.05, 4.69) is 32.9 Å². The van der Waals surface area contributed by atoms with Crippen molar-refractivity contribution in [3.63, 3.8) is 0 Å². The zero-order valence-corrected chi connectivity index (χ0v) is 21.6. The first-order chi connectivity index (χ1) is 16.1. The number of hydrogen-bond acceptors (Lipinski definition) is 3. The summed E-state index contributed by atoms with van der Waals surface area (Å²) in [7, 11) is -6.68. The average molecular weight is 491 g/mol. The molecule has 0 heterocycles. The first kappa shape index (κ1) is 24.3. The van der Waals surface area contributed by atoms with Crippen molar-refractivity contribution >= 4 is 20.4 Å². The molecular weight excluding hydrogens is 460 g/mol. The quantitative estimate of drug-likeness (QED) is 0.276. The Bertz CT molecular complexity index is 1300. The molecule has 0 aliphatic heterocycles. The SMILES string of the molecule is Cc1ccc(S(=O)(=O)OS(c2ccccc2)(c2ccccc2)c2ccc(C(C)(C)C)cc2)cc1. The zero-order chi connectivity index (χ0) is 24.4. The van der Waals surface area contributed by atoms with Crippen LogP contribution in [0.2, 0.25) is 0 Å². The summed E-state index contributed by atoms with van der Waals surface area (Å²) in [6.45, 7) is 8.41. The van der Waals surface area contributed by atoms with E-state index in [0.717, 1.165) is 20.2 Å². The molecule has 4 aromatic rings. The Morgan fingerprint density at radius 2 is 0.971 bits per heavy atom. The third kappa shape index (κ3) is 4.83. The minimum atomic E-state index is -4.08. The summed E-state index contributed by atoms with van der Waals surface area (Å²) in [5.41, 5.74) is 2.14. The summed E-state index contributed by atoms with van der Waals surface area (Å²) in [5.74, 6) is 0. The molecule has 5 heteroatoms. The molecule has 0 unspecified atom stereocenters. The van der Waals surface area contributed by atoms with Gasteiger partial charge in [-0.25, -0.2) is 3.63 Å². The summed E-state index contributed by atoms with van der Waals surface area (Å²) in [6, 6.07) is 34.3. The highest BCUT2D eigenvalue weighted by Crippen LogP contribution is 2.70. The smallest absolute Gasteiger partial charge is 0.203 e. The third-order valence-corrected chi connectivity index (χ3v) is 10.9. The fraction of sp³-hybridized carbons (Fsp3) is 0.172. The van der Waals surface area contributed by atoms with E-state index in [-0.39, 0.29) is 10.3 Å². The average Bonchev–Trinajstić information content (AvgIpc) is 2.83. The van der Waals surface area contributed by atoms with Crippen molar-refractivity contribution in [2.45, 2.75) is 52.7 Å². The van der Waals surface area contributed by atoms with Crippen LogP contribution < -0.4 is 0 Å². The Kier molecular flexibility index (Phi) is 6.72.